The van der Waals surface area contributed by atoms with Crippen molar-refractivity contribution < 1.29 is 18.7 Å². The van der Waals surface area contributed by atoms with Crippen molar-refractivity contribution in [3.8, 4) is 0 Å². The molecule has 6 nitrogen and oxygen atoms in total. The Kier molecular flexibility index (Phi) is 4.56. The van der Waals surface area contributed by atoms with E-state index in [1.807, 2.05) is 49.5 Å². The van der Waals surface area contributed by atoms with Crippen LogP contribution in [0.15, 0.2) is 59.0 Å². The lowest BCUT2D eigenvalue weighted by Gasteiger charge is -2.26. The maximum Gasteiger partial charge on any atom is 0.339 e. The molecule has 0 spiro atoms. The number of hydrogen-bond donors (Lipinski definition) is 0. The van der Waals surface area contributed by atoms with Crippen molar-refractivity contribution in [2.45, 2.75) is 13.0 Å². The van der Waals surface area contributed by atoms with Crippen LogP contribution < -0.4 is 0 Å². The van der Waals surface area contributed by atoms with Gasteiger partial charge in [0.05, 0.1) is 11.1 Å². The van der Waals surface area contributed by atoms with Gasteiger partial charge < -0.3 is 14.1 Å². The van der Waals surface area contributed by atoms with Crippen molar-refractivity contribution in [2.24, 2.45) is 0 Å². The van der Waals surface area contributed by atoms with Crippen LogP contribution in [-0.2, 0) is 17.7 Å². The van der Waals surface area contributed by atoms with E-state index in [-0.39, 0.29) is 18.2 Å². The van der Waals surface area contributed by atoms with Crippen LogP contribution in [0.4, 0.5) is 0 Å². The Hall–Kier alpha value is -3.51. The molecule has 0 saturated carbocycles. The van der Waals surface area contributed by atoms with Crippen LogP contribution >= 0.6 is 0 Å². The fourth-order valence-corrected chi connectivity index (χ4v) is 3.95. The van der Waals surface area contributed by atoms with Gasteiger partial charge in [0.25, 0.3) is 0 Å². The Morgan fingerprint density at radius 2 is 1.93 bits per heavy atom. The van der Waals surface area contributed by atoms with E-state index in [0.717, 1.165) is 40.5 Å². The van der Waals surface area contributed by atoms with E-state index in [1.54, 1.807) is 12.1 Å². The van der Waals surface area contributed by atoms with Gasteiger partial charge in [-0.2, -0.15) is 0 Å². The molecule has 5 rings (SSSR count). The fraction of sp³-hybridized carbons (Fsp3) is 0.208. The monoisotopic (exact) mass is 400 g/mol. The van der Waals surface area contributed by atoms with Gasteiger partial charge >= 0.3 is 5.97 Å². The van der Waals surface area contributed by atoms with E-state index in [9.17, 15) is 9.59 Å². The van der Waals surface area contributed by atoms with E-state index in [4.69, 9.17) is 14.1 Å². The molecule has 6 heteroatoms. The number of benzene rings is 2. The molecule has 0 atom stereocenters. The number of hydrogen-bond acceptors (Lipinski definition) is 6. The molecule has 150 valence electrons. The minimum Gasteiger partial charge on any atom is -0.454 e. The topological polar surface area (TPSA) is 72.6 Å². The predicted octanol–water partition coefficient (Wildman–Crippen LogP) is 4.01. The molecule has 4 aromatic rings. The Balaban J connectivity index is 1.44. The summed E-state index contributed by atoms with van der Waals surface area (Å²) in [6, 6.07) is 16.6. The van der Waals surface area contributed by atoms with Crippen molar-refractivity contribution in [3.63, 3.8) is 0 Å². The number of esters is 1. The predicted molar refractivity (Wildman–Crippen MR) is 113 cm³/mol. The largest absolute Gasteiger partial charge is 0.454 e. The van der Waals surface area contributed by atoms with Gasteiger partial charge in [-0.05, 0) is 25.2 Å². The van der Waals surface area contributed by atoms with Crippen molar-refractivity contribution in [3.05, 3.63) is 77.2 Å². The Bertz CT molecular complexity index is 1260. The lowest BCUT2D eigenvalue weighted by Crippen LogP contribution is -2.29. The summed E-state index contributed by atoms with van der Waals surface area (Å²) in [5.41, 5.74) is 3.69. The zero-order valence-electron chi connectivity index (χ0n) is 16.6. The molecule has 2 aromatic heterocycles. The first kappa shape index (κ1) is 18.5. The lowest BCUT2D eigenvalue weighted by molar-refractivity contribution is 0.0468. The van der Waals surface area contributed by atoms with Crippen LogP contribution in [0, 0.1) is 0 Å². The van der Waals surface area contributed by atoms with Gasteiger partial charge in [0.15, 0.2) is 12.4 Å². The van der Waals surface area contributed by atoms with Crippen LogP contribution in [0.1, 0.15) is 32.2 Å². The van der Waals surface area contributed by atoms with Crippen molar-refractivity contribution >= 4 is 33.6 Å². The summed E-state index contributed by atoms with van der Waals surface area (Å²) < 4.78 is 11.0. The number of nitrogens with zero attached hydrogens (tertiary/aromatic N) is 2. The fourth-order valence-electron chi connectivity index (χ4n) is 3.95. The standard InChI is InChI=1S/C24H20N2O4/c1-26-11-10-19-17(13-26)23(16-7-3-4-8-18(16)25-19)24(28)29-14-20(27)22-12-15-6-2-5-9-21(15)30-22/h2-9,12H,10-11,13-14H2,1H3. The highest BCUT2D eigenvalue weighted by molar-refractivity contribution is 6.06. The first-order chi connectivity index (χ1) is 14.6. The third-order valence-corrected chi connectivity index (χ3v) is 5.48. The molecule has 0 aliphatic carbocycles. The molecule has 1 aliphatic heterocycles. The third kappa shape index (κ3) is 3.25. The van der Waals surface area contributed by atoms with Crippen molar-refractivity contribution in [2.75, 3.05) is 20.2 Å². The average molecular weight is 400 g/mol. The summed E-state index contributed by atoms with van der Waals surface area (Å²) in [5, 5.41) is 1.58. The van der Waals surface area contributed by atoms with Crippen molar-refractivity contribution in [1.29, 1.82) is 0 Å². The van der Waals surface area contributed by atoms with Gasteiger partial charge in [-0.15, -0.1) is 0 Å². The molecule has 0 fully saturated rings. The highest BCUT2D eigenvalue weighted by Crippen LogP contribution is 2.28. The number of aromatic nitrogens is 1. The van der Waals surface area contributed by atoms with E-state index in [2.05, 4.69) is 4.90 Å². The van der Waals surface area contributed by atoms with Crippen LogP contribution in [0.25, 0.3) is 21.9 Å². The lowest BCUT2D eigenvalue weighted by atomic mass is 9.96. The van der Waals surface area contributed by atoms with Gasteiger partial charge in [-0.25, -0.2) is 4.79 Å². The van der Waals surface area contributed by atoms with Gasteiger partial charge in [0, 0.05) is 41.5 Å². The Labute approximate surface area is 173 Å². The summed E-state index contributed by atoms with van der Waals surface area (Å²) in [7, 11) is 2.01. The normalized spacial score (nSPS) is 14.0. The zero-order chi connectivity index (χ0) is 20.7. The first-order valence-electron chi connectivity index (χ1n) is 9.88. The van der Waals surface area contributed by atoms with E-state index < -0.39 is 5.97 Å². The van der Waals surface area contributed by atoms with E-state index in [0.29, 0.717) is 17.7 Å². The van der Waals surface area contributed by atoms with Crippen LogP contribution in [0.5, 0.6) is 0 Å². The number of pyridine rings is 1. The molecule has 0 N–H and O–H groups in total. The second-order valence-corrected chi connectivity index (χ2v) is 7.56. The van der Waals surface area contributed by atoms with Crippen LogP contribution in [0.3, 0.4) is 0 Å². The molecule has 0 unspecified atom stereocenters. The molecule has 0 bridgehead atoms. The number of para-hydroxylation sites is 2. The average Bonchev–Trinajstić information content (AvgIpc) is 3.20. The zero-order valence-corrected chi connectivity index (χ0v) is 16.6. The first-order valence-corrected chi connectivity index (χ1v) is 9.88. The molecular formula is C24H20N2O4. The molecule has 1 aliphatic rings. The van der Waals surface area contributed by atoms with Crippen molar-refractivity contribution in [1.82, 2.24) is 9.88 Å². The number of likely N-dealkylation sites (N-methyl/N-ethyl adjacent to an activating group) is 1. The molecule has 3 heterocycles. The number of carbonyl (C=O) groups excluding carboxylic acids is 2. The quantitative estimate of drug-likeness (QED) is 0.381. The maximum atomic E-state index is 13.1. The number of ketones is 1. The smallest absolute Gasteiger partial charge is 0.339 e. The minimum absolute atomic E-state index is 0.186. The molecule has 2 aromatic carbocycles. The number of fused-ring (bicyclic) bond motifs is 3. The molecule has 0 saturated heterocycles. The van der Waals surface area contributed by atoms with Crippen LogP contribution in [-0.4, -0.2) is 41.8 Å². The summed E-state index contributed by atoms with van der Waals surface area (Å²) in [6.45, 7) is 1.13. The maximum absolute atomic E-state index is 13.1. The van der Waals surface area contributed by atoms with Gasteiger partial charge in [-0.1, -0.05) is 36.4 Å². The van der Waals surface area contributed by atoms with Gasteiger partial charge in [-0.3, -0.25) is 9.78 Å². The Morgan fingerprint density at radius 1 is 1.13 bits per heavy atom. The number of ether oxygens (including phenoxy) is 1. The summed E-state index contributed by atoms with van der Waals surface area (Å²) in [6.07, 6.45) is 0.773. The minimum atomic E-state index is -0.510. The van der Waals surface area contributed by atoms with Crippen LogP contribution in [0.2, 0.25) is 0 Å². The molecule has 0 radical (unpaired) electrons. The third-order valence-electron chi connectivity index (χ3n) is 5.48. The Morgan fingerprint density at radius 3 is 2.80 bits per heavy atom. The molecular weight excluding hydrogens is 380 g/mol. The second-order valence-electron chi connectivity index (χ2n) is 7.56. The highest BCUT2D eigenvalue weighted by Gasteiger charge is 2.26. The molecule has 30 heavy (non-hydrogen) atoms. The SMILES string of the molecule is CN1CCc2nc3ccccc3c(C(=O)OCC(=O)c3cc4ccccc4o3)c2C1. The van der Waals surface area contributed by atoms with E-state index >= 15 is 0 Å². The van der Waals surface area contributed by atoms with Gasteiger partial charge in [0.1, 0.15) is 5.58 Å². The van der Waals surface area contributed by atoms with E-state index in [1.165, 1.54) is 0 Å². The second kappa shape index (κ2) is 7.39. The summed E-state index contributed by atoms with van der Waals surface area (Å²) in [4.78, 5) is 32.5. The highest BCUT2D eigenvalue weighted by atomic mass is 16.5. The number of Topliss-reactive ketones (excluding diaryl/α,β-unsaturated/α-hetero) is 1. The summed E-state index contributed by atoms with van der Waals surface area (Å²) >= 11 is 0. The molecule has 0 amide bonds. The number of furan rings is 1. The number of rotatable bonds is 4. The van der Waals surface area contributed by atoms with Gasteiger partial charge in [0.2, 0.25) is 5.78 Å². The summed E-state index contributed by atoms with van der Waals surface area (Å²) in [5.74, 6) is -0.696. The number of carbonyl (C=O) groups is 2.